The second kappa shape index (κ2) is 5.52. The molecule has 1 aromatic carbocycles. The van der Waals surface area contributed by atoms with Crippen molar-refractivity contribution >= 4 is 5.91 Å². The highest BCUT2D eigenvalue weighted by atomic mass is 19.1. The summed E-state index contributed by atoms with van der Waals surface area (Å²) in [5.41, 5.74) is -0.834. The van der Waals surface area contributed by atoms with Crippen molar-refractivity contribution in [2.75, 3.05) is 6.54 Å². The van der Waals surface area contributed by atoms with Gasteiger partial charge in [0.05, 0.1) is 6.54 Å². The van der Waals surface area contributed by atoms with Crippen LogP contribution in [0.4, 0.5) is 4.39 Å². The smallest absolute Gasteiger partial charge is 0.226 e. The van der Waals surface area contributed by atoms with Gasteiger partial charge in [-0.1, -0.05) is 25.5 Å². The molecule has 1 fully saturated rings. The molecule has 20 heavy (non-hydrogen) atoms. The van der Waals surface area contributed by atoms with Gasteiger partial charge in [0.15, 0.2) is 0 Å². The molecule has 1 atom stereocenters. The third-order valence-corrected chi connectivity index (χ3v) is 4.53. The van der Waals surface area contributed by atoms with Gasteiger partial charge in [-0.25, -0.2) is 4.39 Å². The fourth-order valence-electron chi connectivity index (χ4n) is 2.70. The molecule has 3 nitrogen and oxygen atoms in total. The van der Waals surface area contributed by atoms with E-state index in [9.17, 15) is 14.3 Å². The maximum atomic E-state index is 12.9. The highest BCUT2D eigenvalue weighted by Crippen LogP contribution is 2.44. The minimum absolute atomic E-state index is 0.0219. The number of carbonyl (C=O) groups excluding carboxylic acids is 1. The fourth-order valence-corrected chi connectivity index (χ4v) is 2.70. The lowest BCUT2D eigenvalue weighted by molar-refractivity contribution is -0.137. The number of amides is 1. The van der Waals surface area contributed by atoms with Crippen molar-refractivity contribution in [3.8, 4) is 0 Å². The molecule has 110 valence electrons. The molecule has 0 radical (unpaired) electrons. The summed E-state index contributed by atoms with van der Waals surface area (Å²) in [4.78, 5) is 12.2. The average molecular weight is 279 g/mol. The van der Waals surface area contributed by atoms with E-state index in [1.807, 2.05) is 6.92 Å². The molecule has 1 aliphatic rings. The SMILES string of the molecule is CCC1(C(=O)NCC(C)(O)c2ccc(F)cc2)CCC1. The van der Waals surface area contributed by atoms with Gasteiger partial charge in [-0.2, -0.15) is 0 Å². The molecule has 2 N–H and O–H groups in total. The van der Waals surface area contributed by atoms with E-state index in [2.05, 4.69) is 5.32 Å². The van der Waals surface area contributed by atoms with Gasteiger partial charge < -0.3 is 10.4 Å². The van der Waals surface area contributed by atoms with Crippen LogP contribution >= 0.6 is 0 Å². The first kappa shape index (κ1) is 15.0. The van der Waals surface area contributed by atoms with Crippen LogP contribution in [0.1, 0.15) is 45.1 Å². The molecule has 4 heteroatoms. The summed E-state index contributed by atoms with van der Waals surface area (Å²) >= 11 is 0. The van der Waals surface area contributed by atoms with Gasteiger partial charge in [0.2, 0.25) is 5.91 Å². The Morgan fingerprint density at radius 1 is 1.40 bits per heavy atom. The minimum atomic E-state index is -1.19. The van der Waals surface area contributed by atoms with Crippen LogP contribution in [-0.2, 0) is 10.4 Å². The van der Waals surface area contributed by atoms with E-state index in [-0.39, 0.29) is 23.7 Å². The monoisotopic (exact) mass is 279 g/mol. The van der Waals surface area contributed by atoms with Crippen LogP contribution in [0.2, 0.25) is 0 Å². The zero-order valence-corrected chi connectivity index (χ0v) is 12.1. The summed E-state index contributed by atoms with van der Waals surface area (Å²) in [5, 5.41) is 13.3. The van der Waals surface area contributed by atoms with Gasteiger partial charge in [-0.3, -0.25) is 4.79 Å². The molecule has 0 saturated heterocycles. The molecule has 1 aromatic rings. The number of hydrogen-bond donors (Lipinski definition) is 2. The van der Waals surface area contributed by atoms with E-state index >= 15 is 0 Å². The van der Waals surface area contributed by atoms with Gasteiger partial charge in [-0.15, -0.1) is 0 Å². The maximum Gasteiger partial charge on any atom is 0.226 e. The Morgan fingerprint density at radius 3 is 2.45 bits per heavy atom. The van der Waals surface area contributed by atoms with Crippen molar-refractivity contribution in [1.29, 1.82) is 0 Å². The molecular formula is C16H22FNO2. The lowest BCUT2D eigenvalue weighted by Crippen LogP contribution is -2.49. The third kappa shape index (κ3) is 2.85. The van der Waals surface area contributed by atoms with Crippen LogP contribution < -0.4 is 5.32 Å². The predicted molar refractivity (Wildman–Crippen MR) is 75.6 cm³/mol. The highest BCUT2D eigenvalue weighted by Gasteiger charge is 2.42. The molecule has 0 aliphatic heterocycles. The normalized spacial score (nSPS) is 19.8. The first-order valence-electron chi connectivity index (χ1n) is 7.16. The number of halogens is 1. The van der Waals surface area contributed by atoms with Crippen molar-refractivity contribution in [1.82, 2.24) is 5.32 Å². The summed E-state index contributed by atoms with van der Waals surface area (Å²) in [6, 6.07) is 5.71. The van der Waals surface area contributed by atoms with E-state index in [0.717, 1.165) is 25.7 Å². The topological polar surface area (TPSA) is 49.3 Å². The molecule has 1 amide bonds. The molecule has 1 saturated carbocycles. The number of rotatable bonds is 5. The minimum Gasteiger partial charge on any atom is -0.384 e. The zero-order valence-electron chi connectivity index (χ0n) is 12.1. The van der Waals surface area contributed by atoms with E-state index in [1.54, 1.807) is 19.1 Å². The second-order valence-corrected chi connectivity index (χ2v) is 5.95. The zero-order chi connectivity index (χ0) is 14.8. The predicted octanol–water partition coefficient (Wildman–Crippen LogP) is 2.73. The van der Waals surface area contributed by atoms with Crippen LogP contribution in [0.5, 0.6) is 0 Å². The van der Waals surface area contributed by atoms with Gasteiger partial charge in [-0.05, 0) is 43.9 Å². The third-order valence-electron chi connectivity index (χ3n) is 4.53. The molecule has 0 bridgehead atoms. The Morgan fingerprint density at radius 2 is 2.00 bits per heavy atom. The molecule has 0 spiro atoms. The van der Waals surface area contributed by atoms with Crippen LogP contribution in [0.15, 0.2) is 24.3 Å². The Labute approximate surface area is 119 Å². The Hall–Kier alpha value is -1.42. The lowest BCUT2D eigenvalue weighted by atomic mass is 9.66. The first-order valence-corrected chi connectivity index (χ1v) is 7.16. The Kier molecular flexibility index (Phi) is 4.14. The highest BCUT2D eigenvalue weighted by molar-refractivity contribution is 5.83. The number of hydrogen-bond acceptors (Lipinski definition) is 2. The van der Waals surface area contributed by atoms with Gasteiger partial charge in [0.1, 0.15) is 11.4 Å². The van der Waals surface area contributed by atoms with Crippen LogP contribution in [0.3, 0.4) is 0 Å². The first-order chi connectivity index (χ1) is 9.39. The van der Waals surface area contributed by atoms with Crippen LogP contribution in [0, 0.1) is 11.2 Å². The number of carbonyl (C=O) groups is 1. The van der Waals surface area contributed by atoms with E-state index in [0.29, 0.717) is 5.56 Å². The summed E-state index contributed by atoms with van der Waals surface area (Å²) in [6.07, 6.45) is 3.77. The van der Waals surface area contributed by atoms with Crippen molar-refractivity contribution in [2.45, 2.75) is 45.1 Å². The molecule has 1 aliphatic carbocycles. The quantitative estimate of drug-likeness (QED) is 0.870. The largest absolute Gasteiger partial charge is 0.384 e. The fraction of sp³-hybridized carbons (Fsp3) is 0.562. The van der Waals surface area contributed by atoms with E-state index in [4.69, 9.17) is 0 Å². The maximum absolute atomic E-state index is 12.9. The van der Waals surface area contributed by atoms with E-state index < -0.39 is 5.60 Å². The van der Waals surface area contributed by atoms with Crippen LogP contribution in [-0.4, -0.2) is 17.6 Å². The number of benzene rings is 1. The van der Waals surface area contributed by atoms with Gasteiger partial charge in [0, 0.05) is 5.41 Å². The van der Waals surface area contributed by atoms with E-state index in [1.165, 1.54) is 12.1 Å². The molecule has 0 aromatic heterocycles. The summed E-state index contributed by atoms with van der Waals surface area (Å²) in [7, 11) is 0. The second-order valence-electron chi connectivity index (χ2n) is 5.95. The molecular weight excluding hydrogens is 257 g/mol. The summed E-state index contributed by atoms with van der Waals surface area (Å²) in [6.45, 7) is 3.79. The van der Waals surface area contributed by atoms with Crippen molar-refractivity contribution < 1.29 is 14.3 Å². The van der Waals surface area contributed by atoms with Crippen LogP contribution in [0.25, 0.3) is 0 Å². The average Bonchev–Trinajstić information content (AvgIpc) is 2.36. The molecule has 2 rings (SSSR count). The molecule has 0 heterocycles. The Balaban J connectivity index is 1.98. The van der Waals surface area contributed by atoms with Crippen molar-refractivity contribution in [2.24, 2.45) is 5.41 Å². The summed E-state index contributed by atoms with van der Waals surface area (Å²) < 4.78 is 12.9. The Bertz CT molecular complexity index is 472. The standard InChI is InChI=1S/C16H22FNO2/c1-3-16(9-4-10-16)14(19)18-11-15(2,20)12-5-7-13(17)8-6-12/h5-8,20H,3-4,9-11H2,1-2H3,(H,18,19). The van der Waals surface area contributed by atoms with Crippen molar-refractivity contribution in [3.05, 3.63) is 35.6 Å². The van der Waals surface area contributed by atoms with Gasteiger partial charge in [0.25, 0.3) is 0 Å². The molecule has 1 unspecified atom stereocenters. The number of nitrogens with one attached hydrogen (secondary N) is 1. The van der Waals surface area contributed by atoms with Crippen molar-refractivity contribution in [3.63, 3.8) is 0 Å². The van der Waals surface area contributed by atoms with Gasteiger partial charge >= 0.3 is 0 Å². The summed E-state index contributed by atoms with van der Waals surface area (Å²) in [5.74, 6) is -0.318. The number of aliphatic hydroxyl groups is 1. The lowest BCUT2D eigenvalue weighted by Gasteiger charge is -2.40.